The van der Waals surface area contributed by atoms with E-state index in [9.17, 15) is 9.90 Å². The van der Waals surface area contributed by atoms with E-state index in [2.05, 4.69) is 10.6 Å². The Labute approximate surface area is 98.8 Å². The molecule has 1 aromatic rings. The molecule has 0 atom stereocenters. The molecular formula is C12H14N2O3. The molecule has 0 bridgehead atoms. The monoisotopic (exact) mass is 234 g/mol. The predicted molar refractivity (Wildman–Crippen MR) is 62.0 cm³/mol. The highest BCUT2D eigenvalue weighted by Crippen LogP contribution is 2.43. The zero-order valence-corrected chi connectivity index (χ0v) is 9.32. The number of aromatic hydroxyl groups is 1. The van der Waals surface area contributed by atoms with Crippen LogP contribution in [0.2, 0.25) is 0 Å². The van der Waals surface area contributed by atoms with Crippen molar-refractivity contribution in [3.63, 3.8) is 0 Å². The van der Waals surface area contributed by atoms with Gasteiger partial charge in [0.15, 0.2) is 0 Å². The lowest BCUT2D eigenvalue weighted by Crippen LogP contribution is -2.46. The van der Waals surface area contributed by atoms with Gasteiger partial charge in [0.05, 0.1) is 5.69 Å². The Kier molecular flexibility index (Phi) is 2.22. The summed E-state index contributed by atoms with van der Waals surface area (Å²) >= 11 is 0. The van der Waals surface area contributed by atoms with Crippen molar-refractivity contribution in [1.82, 2.24) is 5.32 Å². The van der Waals surface area contributed by atoms with Crippen molar-refractivity contribution in [3.8, 4) is 5.75 Å². The molecule has 1 spiro atoms. The van der Waals surface area contributed by atoms with E-state index >= 15 is 0 Å². The van der Waals surface area contributed by atoms with Gasteiger partial charge in [-0.3, -0.25) is 5.32 Å². The molecule has 0 unspecified atom stereocenters. The second-order valence-electron chi connectivity index (χ2n) is 4.49. The van der Waals surface area contributed by atoms with Gasteiger partial charge >= 0.3 is 6.09 Å². The largest absolute Gasteiger partial charge is 0.508 e. The molecule has 3 rings (SSSR count). The zero-order chi connectivity index (χ0) is 11.9. The highest BCUT2D eigenvalue weighted by Gasteiger charge is 2.42. The summed E-state index contributed by atoms with van der Waals surface area (Å²) in [5.41, 5.74) is 1.08. The van der Waals surface area contributed by atoms with Crippen LogP contribution in [0.5, 0.6) is 5.75 Å². The molecule has 17 heavy (non-hydrogen) atoms. The highest BCUT2D eigenvalue weighted by molar-refractivity contribution is 5.89. The van der Waals surface area contributed by atoms with E-state index in [1.54, 1.807) is 12.1 Å². The molecule has 2 aliphatic rings. The van der Waals surface area contributed by atoms with Gasteiger partial charge in [-0.1, -0.05) is 0 Å². The van der Waals surface area contributed by atoms with Crippen molar-refractivity contribution in [2.75, 3.05) is 18.4 Å². The molecule has 5 heteroatoms. The van der Waals surface area contributed by atoms with Crippen LogP contribution in [0.25, 0.3) is 0 Å². The summed E-state index contributed by atoms with van der Waals surface area (Å²) in [6, 6.07) is 5.03. The van der Waals surface area contributed by atoms with Gasteiger partial charge in [0.2, 0.25) is 0 Å². The first-order valence-corrected chi connectivity index (χ1v) is 5.74. The Hall–Kier alpha value is -1.75. The number of ether oxygens (including phenoxy) is 1. The van der Waals surface area contributed by atoms with Crippen LogP contribution >= 0.6 is 0 Å². The summed E-state index contributed by atoms with van der Waals surface area (Å²) in [6.07, 6.45) is 1.08. The average Bonchev–Trinajstić information content (AvgIpc) is 2.29. The summed E-state index contributed by atoms with van der Waals surface area (Å²) < 4.78 is 5.51. The molecule has 5 nitrogen and oxygen atoms in total. The number of carbonyl (C=O) groups is 1. The fraction of sp³-hybridized carbons (Fsp3) is 0.417. The van der Waals surface area contributed by atoms with Crippen molar-refractivity contribution >= 4 is 11.8 Å². The predicted octanol–water partition coefficient (Wildman–Crippen LogP) is 1.53. The second-order valence-corrected chi connectivity index (χ2v) is 4.49. The molecule has 90 valence electrons. The molecule has 3 N–H and O–H groups in total. The number of phenols is 1. The van der Waals surface area contributed by atoms with Crippen LogP contribution in [-0.2, 0) is 10.3 Å². The molecule has 2 aliphatic heterocycles. The van der Waals surface area contributed by atoms with Crippen molar-refractivity contribution in [2.45, 2.75) is 18.4 Å². The fourth-order valence-corrected chi connectivity index (χ4v) is 2.60. The Morgan fingerprint density at radius 3 is 2.82 bits per heavy atom. The van der Waals surface area contributed by atoms with E-state index in [1.807, 2.05) is 6.07 Å². The van der Waals surface area contributed by atoms with Crippen LogP contribution in [0, 0.1) is 0 Å². The van der Waals surface area contributed by atoms with Crippen molar-refractivity contribution in [1.29, 1.82) is 0 Å². The Bertz CT molecular complexity index is 467. The highest BCUT2D eigenvalue weighted by atomic mass is 16.6. The smallest absolute Gasteiger partial charge is 0.412 e. The van der Waals surface area contributed by atoms with E-state index in [4.69, 9.17) is 4.74 Å². The summed E-state index contributed by atoms with van der Waals surface area (Å²) in [6.45, 7) is 1.65. The van der Waals surface area contributed by atoms with Gasteiger partial charge < -0.3 is 15.2 Å². The minimum atomic E-state index is -0.531. The Balaban J connectivity index is 2.09. The maximum Gasteiger partial charge on any atom is 0.412 e. The molecule has 1 aromatic carbocycles. The summed E-state index contributed by atoms with van der Waals surface area (Å²) in [7, 11) is 0. The van der Waals surface area contributed by atoms with E-state index in [1.165, 1.54) is 0 Å². The minimum absolute atomic E-state index is 0.148. The first kappa shape index (κ1) is 10.4. The number of hydrogen-bond donors (Lipinski definition) is 3. The number of hydrogen-bond acceptors (Lipinski definition) is 4. The molecule has 2 heterocycles. The molecule has 1 fully saturated rings. The lowest BCUT2D eigenvalue weighted by Gasteiger charge is -2.41. The van der Waals surface area contributed by atoms with Gasteiger partial charge in [-0.05, 0) is 25.2 Å². The van der Waals surface area contributed by atoms with Crippen molar-refractivity contribution in [2.24, 2.45) is 0 Å². The quantitative estimate of drug-likeness (QED) is 0.636. The average molecular weight is 234 g/mol. The first-order chi connectivity index (χ1) is 8.20. The third kappa shape index (κ3) is 1.63. The number of amides is 1. The van der Waals surface area contributed by atoms with E-state index < -0.39 is 11.7 Å². The number of piperidine rings is 1. The number of rotatable bonds is 0. The normalized spacial score (nSPS) is 21.5. The Morgan fingerprint density at radius 1 is 1.29 bits per heavy atom. The van der Waals surface area contributed by atoms with Gasteiger partial charge in [0.25, 0.3) is 0 Å². The van der Waals surface area contributed by atoms with Gasteiger partial charge in [-0.15, -0.1) is 0 Å². The van der Waals surface area contributed by atoms with Crippen molar-refractivity contribution in [3.05, 3.63) is 23.8 Å². The lowest BCUT2D eigenvalue weighted by molar-refractivity contribution is -0.0126. The molecule has 0 radical (unpaired) electrons. The number of phenolic OH excluding ortho intramolecular Hbond substituents is 1. The number of carbonyl (C=O) groups excluding carboxylic acids is 1. The summed E-state index contributed by atoms with van der Waals surface area (Å²) in [5.74, 6) is 0.148. The van der Waals surface area contributed by atoms with Gasteiger partial charge in [-0.25, -0.2) is 4.79 Å². The van der Waals surface area contributed by atoms with Gasteiger partial charge in [-0.2, -0.15) is 0 Å². The second kappa shape index (κ2) is 3.63. The number of nitrogens with one attached hydrogen (secondary N) is 2. The molecule has 1 saturated heterocycles. The minimum Gasteiger partial charge on any atom is -0.508 e. The Morgan fingerprint density at radius 2 is 2.06 bits per heavy atom. The van der Waals surface area contributed by atoms with Crippen LogP contribution in [0.3, 0.4) is 0 Å². The van der Waals surface area contributed by atoms with Gasteiger partial charge in [0.1, 0.15) is 11.4 Å². The SMILES string of the molecule is O=C1Nc2cc(O)ccc2C2(CCNCC2)O1. The summed E-state index contributed by atoms with van der Waals surface area (Å²) in [4.78, 5) is 11.6. The van der Waals surface area contributed by atoms with Crippen LogP contribution in [0.15, 0.2) is 18.2 Å². The van der Waals surface area contributed by atoms with E-state index in [0.717, 1.165) is 31.5 Å². The topological polar surface area (TPSA) is 70.6 Å². The first-order valence-electron chi connectivity index (χ1n) is 5.74. The molecule has 0 saturated carbocycles. The van der Waals surface area contributed by atoms with E-state index in [-0.39, 0.29) is 5.75 Å². The maximum absolute atomic E-state index is 11.6. The molecule has 0 aliphatic carbocycles. The number of anilines is 1. The number of benzene rings is 1. The summed E-state index contributed by atoms with van der Waals surface area (Å²) in [5, 5.41) is 15.3. The molecular weight excluding hydrogens is 220 g/mol. The maximum atomic E-state index is 11.6. The van der Waals surface area contributed by atoms with Crippen LogP contribution in [0.4, 0.5) is 10.5 Å². The third-order valence-electron chi connectivity index (χ3n) is 3.43. The molecule has 1 amide bonds. The zero-order valence-electron chi connectivity index (χ0n) is 9.32. The van der Waals surface area contributed by atoms with Crippen LogP contribution < -0.4 is 10.6 Å². The van der Waals surface area contributed by atoms with Crippen molar-refractivity contribution < 1.29 is 14.6 Å². The molecule has 0 aromatic heterocycles. The number of fused-ring (bicyclic) bond motifs is 2. The van der Waals surface area contributed by atoms with Crippen LogP contribution in [0.1, 0.15) is 18.4 Å². The lowest BCUT2D eigenvalue weighted by atomic mass is 9.83. The van der Waals surface area contributed by atoms with E-state index in [0.29, 0.717) is 5.69 Å². The van der Waals surface area contributed by atoms with Gasteiger partial charge in [0, 0.05) is 24.5 Å². The third-order valence-corrected chi connectivity index (χ3v) is 3.43. The fourth-order valence-electron chi connectivity index (χ4n) is 2.60. The van der Waals surface area contributed by atoms with Crippen LogP contribution in [-0.4, -0.2) is 24.3 Å². The standard InChI is InChI=1S/C12H14N2O3/c15-8-1-2-9-10(7-8)14-11(16)17-12(9)3-5-13-6-4-12/h1-2,7,13,15H,3-6H2,(H,14,16).